The molecule has 0 atom stereocenters. The Morgan fingerprint density at radius 1 is 1.45 bits per heavy atom. The molecule has 0 aromatic carbocycles. The highest BCUT2D eigenvalue weighted by atomic mass is 127. The second kappa shape index (κ2) is 6.85. The summed E-state index contributed by atoms with van der Waals surface area (Å²) in [6.07, 6.45) is 6.17. The van der Waals surface area contributed by atoms with Crippen LogP contribution < -0.4 is 0 Å². The number of halogens is 2. The van der Waals surface area contributed by atoms with E-state index >= 15 is 0 Å². The molecule has 0 unspecified atom stereocenters. The van der Waals surface area contributed by atoms with E-state index in [0.29, 0.717) is 0 Å². The molecule has 0 N–H and O–H groups in total. The molecular weight excluding hydrogens is 272 g/mol. The molecule has 1 aromatic rings. The number of rotatable bonds is 3. The standard InChI is InChI=1S/C8H10IN.ClH/c9-5-1-3-8-4-2-6-10-7-8;/h2,4,6-7H,1,3,5H2;1H. The van der Waals surface area contributed by atoms with Crippen molar-refractivity contribution in [2.75, 3.05) is 4.43 Å². The zero-order valence-electron chi connectivity index (χ0n) is 6.16. The van der Waals surface area contributed by atoms with Crippen LogP contribution in [0.15, 0.2) is 24.5 Å². The number of hydrogen-bond acceptors (Lipinski definition) is 1. The first kappa shape index (κ1) is 11.2. The second-order valence-corrected chi connectivity index (χ2v) is 3.23. The van der Waals surface area contributed by atoms with Crippen molar-refractivity contribution < 1.29 is 0 Å². The summed E-state index contributed by atoms with van der Waals surface area (Å²) >= 11 is 2.39. The van der Waals surface area contributed by atoms with Gasteiger partial charge in [-0.25, -0.2) is 0 Å². The largest absolute Gasteiger partial charge is 0.264 e. The van der Waals surface area contributed by atoms with Crippen molar-refractivity contribution in [1.29, 1.82) is 0 Å². The van der Waals surface area contributed by atoms with Gasteiger partial charge in [-0.2, -0.15) is 0 Å². The van der Waals surface area contributed by atoms with Gasteiger partial charge in [0.15, 0.2) is 0 Å². The summed E-state index contributed by atoms with van der Waals surface area (Å²) in [5.41, 5.74) is 1.35. The number of hydrogen-bond donors (Lipinski definition) is 0. The van der Waals surface area contributed by atoms with Gasteiger partial charge < -0.3 is 0 Å². The van der Waals surface area contributed by atoms with Gasteiger partial charge in [-0.1, -0.05) is 28.7 Å². The molecule has 62 valence electrons. The summed E-state index contributed by atoms with van der Waals surface area (Å²) in [6.45, 7) is 0. The smallest absolute Gasteiger partial charge is 0.0299 e. The molecule has 11 heavy (non-hydrogen) atoms. The lowest BCUT2D eigenvalue weighted by Crippen LogP contribution is -1.85. The van der Waals surface area contributed by atoms with Crippen LogP contribution in [0, 0.1) is 0 Å². The van der Waals surface area contributed by atoms with E-state index in [9.17, 15) is 0 Å². The van der Waals surface area contributed by atoms with Crippen molar-refractivity contribution in [2.24, 2.45) is 0 Å². The lowest BCUT2D eigenvalue weighted by Gasteiger charge is -1.95. The summed E-state index contributed by atoms with van der Waals surface area (Å²) in [5, 5.41) is 0. The molecule has 0 aliphatic rings. The van der Waals surface area contributed by atoms with Gasteiger partial charge in [0.05, 0.1) is 0 Å². The molecule has 0 saturated carbocycles. The second-order valence-electron chi connectivity index (χ2n) is 2.15. The average Bonchev–Trinajstić information content (AvgIpc) is 2.03. The first-order valence-electron chi connectivity index (χ1n) is 3.38. The third-order valence-electron chi connectivity index (χ3n) is 1.32. The van der Waals surface area contributed by atoms with E-state index in [1.807, 2.05) is 18.5 Å². The van der Waals surface area contributed by atoms with Crippen LogP contribution in [0.2, 0.25) is 0 Å². The molecule has 3 heteroatoms. The van der Waals surface area contributed by atoms with Crippen LogP contribution in [-0.4, -0.2) is 9.41 Å². The number of aromatic nitrogens is 1. The third-order valence-corrected chi connectivity index (χ3v) is 2.08. The van der Waals surface area contributed by atoms with Gasteiger partial charge in [0.1, 0.15) is 0 Å². The Morgan fingerprint density at radius 2 is 2.27 bits per heavy atom. The van der Waals surface area contributed by atoms with Gasteiger partial charge in [-0.05, 0) is 28.9 Å². The minimum absolute atomic E-state index is 0. The van der Waals surface area contributed by atoms with Crippen molar-refractivity contribution in [3.05, 3.63) is 30.1 Å². The number of alkyl halides is 1. The number of nitrogens with zero attached hydrogens (tertiary/aromatic N) is 1. The van der Waals surface area contributed by atoms with Crippen molar-refractivity contribution in [2.45, 2.75) is 12.8 Å². The van der Waals surface area contributed by atoms with Crippen LogP contribution in [0.25, 0.3) is 0 Å². The van der Waals surface area contributed by atoms with Gasteiger partial charge in [-0.3, -0.25) is 4.98 Å². The molecule has 0 saturated heterocycles. The van der Waals surface area contributed by atoms with Crippen molar-refractivity contribution in [1.82, 2.24) is 4.98 Å². The SMILES string of the molecule is Cl.ICCCc1cccnc1. The number of aryl methyl sites for hydroxylation is 1. The van der Waals surface area contributed by atoms with Crippen molar-refractivity contribution >= 4 is 35.0 Å². The monoisotopic (exact) mass is 283 g/mol. The Balaban J connectivity index is 0.000001000. The maximum Gasteiger partial charge on any atom is 0.0299 e. The fraction of sp³-hybridized carbons (Fsp3) is 0.375. The highest BCUT2D eigenvalue weighted by molar-refractivity contribution is 14.1. The predicted molar refractivity (Wildman–Crippen MR) is 58.7 cm³/mol. The molecule has 0 aliphatic carbocycles. The summed E-state index contributed by atoms with van der Waals surface area (Å²) in [6, 6.07) is 4.11. The Morgan fingerprint density at radius 3 is 2.82 bits per heavy atom. The van der Waals surface area contributed by atoms with E-state index in [4.69, 9.17) is 0 Å². The minimum atomic E-state index is 0. The van der Waals surface area contributed by atoms with Gasteiger partial charge in [-0.15, -0.1) is 12.4 Å². The van der Waals surface area contributed by atoms with Crippen molar-refractivity contribution in [3.63, 3.8) is 0 Å². The van der Waals surface area contributed by atoms with E-state index in [1.165, 1.54) is 16.4 Å². The maximum absolute atomic E-state index is 4.04. The molecule has 0 bridgehead atoms. The normalized spacial score (nSPS) is 8.82. The van der Waals surface area contributed by atoms with Crippen LogP contribution in [-0.2, 0) is 6.42 Å². The lowest BCUT2D eigenvalue weighted by molar-refractivity contribution is 0.936. The lowest BCUT2D eigenvalue weighted by atomic mass is 10.2. The topological polar surface area (TPSA) is 12.9 Å². The maximum atomic E-state index is 4.04. The van der Waals surface area contributed by atoms with Gasteiger partial charge in [0.25, 0.3) is 0 Å². The predicted octanol–water partition coefficient (Wildman–Crippen LogP) is 2.87. The molecule has 1 rings (SSSR count). The zero-order chi connectivity index (χ0) is 7.23. The molecule has 1 heterocycles. The van der Waals surface area contributed by atoms with Gasteiger partial charge in [0, 0.05) is 12.4 Å². The van der Waals surface area contributed by atoms with E-state index in [0.717, 1.165) is 6.42 Å². The summed E-state index contributed by atoms with van der Waals surface area (Å²) in [4.78, 5) is 4.04. The Bertz CT molecular complexity index is 179. The fourth-order valence-electron chi connectivity index (χ4n) is 0.817. The molecular formula is C8H11ClIN. The van der Waals surface area contributed by atoms with E-state index < -0.39 is 0 Å². The van der Waals surface area contributed by atoms with Crippen LogP contribution in [0.1, 0.15) is 12.0 Å². The van der Waals surface area contributed by atoms with Crippen LogP contribution in [0.4, 0.5) is 0 Å². The first-order valence-corrected chi connectivity index (χ1v) is 4.91. The van der Waals surface area contributed by atoms with Crippen molar-refractivity contribution in [3.8, 4) is 0 Å². The highest BCUT2D eigenvalue weighted by Gasteiger charge is 1.88. The average molecular weight is 284 g/mol. The van der Waals surface area contributed by atoms with E-state index in [1.54, 1.807) is 0 Å². The zero-order valence-corrected chi connectivity index (χ0v) is 9.14. The summed E-state index contributed by atoms with van der Waals surface area (Å²) in [7, 11) is 0. The Labute approximate surface area is 87.2 Å². The third kappa shape index (κ3) is 4.58. The molecule has 0 aliphatic heterocycles. The minimum Gasteiger partial charge on any atom is -0.264 e. The molecule has 0 spiro atoms. The Kier molecular flexibility index (Phi) is 6.96. The van der Waals surface area contributed by atoms with Gasteiger partial charge >= 0.3 is 0 Å². The van der Waals surface area contributed by atoms with Crippen LogP contribution in [0.3, 0.4) is 0 Å². The Hall–Kier alpha value is 0.170. The van der Waals surface area contributed by atoms with E-state index in [2.05, 4.69) is 33.6 Å². The number of pyridine rings is 1. The van der Waals surface area contributed by atoms with E-state index in [-0.39, 0.29) is 12.4 Å². The highest BCUT2D eigenvalue weighted by Crippen LogP contribution is 2.01. The molecule has 0 amide bonds. The molecule has 1 nitrogen and oxygen atoms in total. The van der Waals surface area contributed by atoms with Gasteiger partial charge in [0.2, 0.25) is 0 Å². The first-order chi connectivity index (χ1) is 4.93. The molecule has 1 aromatic heterocycles. The quantitative estimate of drug-likeness (QED) is 0.614. The summed E-state index contributed by atoms with van der Waals surface area (Å²) in [5.74, 6) is 0. The van der Waals surface area contributed by atoms with Crippen LogP contribution in [0.5, 0.6) is 0 Å². The molecule has 0 radical (unpaired) electrons. The summed E-state index contributed by atoms with van der Waals surface area (Å²) < 4.78 is 1.23. The fourth-order valence-corrected chi connectivity index (χ4v) is 1.20. The molecule has 0 fully saturated rings. The van der Waals surface area contributed by atoms with Crippen LogP contribution >= 0.6 is 35.0 Å².